The van der Waals surface area contributed by atoms with Crippen LogP contribution >= 0.6 is 11.8 Å². The third-order valence-corrected chi connectivity index (χ3v) is 7.15. The zero-order valence-electron chi connectivity index (χ0n) is 18.8. The highest BCUT2D eigenvalue weighted by Crippen LogP contribution is 2.28. The lowest BCUT2D eigenvalue weighted by Crippen LogP contribution is -2.38. The number of carbonyl (C=O) groups is 1. The Morgan fingerprint density at radius 1 is 0.938 bits per heavy atom. The van der Waals surface area contributed by atoms with Crippen molar-refractivity contribution in [2.45, 2.75) is 31.4 Å². The zero-order valence-corrected chi connectivity index (χ0v) is 20.4. The van der Waals surface area contributed by atoms with Crippen LogP contribution in [0.25, 0.3) is 0 Å². The Morgan fingerprint density at radius 3 is 2.09 bits per heavy atom. The molecule has 0 saturated heterocycles. The number of amides is 1. The molecule has 3 aromatic carbocycles. The van der Waals surface area contributed by atoms with Crippen molar-refractivity contribution in [2.75, 3.05) is 22.4 Å². The number of anilines is 2. The molecule has 0 aromatic heterocycles. The van der Waals surface area contributed by atoms with Crippen LogP contribution in [0.2, 0.25) is 0 Å². The highest BCUT2D eigenvalue weighted by atomic mass is 32.2. The van der Waals surface area contributed by atoms with Crippen LogP contribution < -0.4 is 9.62 Å². The molecule has 0 radical (unpaired) electrons. The van der Waals surface area contributed by atoms with Crippen LogP contribution in [0.3, 0.4) is 0 Å². The van der Waals surface area contributed by atoms with Crippen molar-refractivity contribution in [3.8, 4) is 0 Å². The lowest BCUT2D eigenvalue weighted by molar-refractivity contribution is -0.114. The highest BCUT2D eigenvalue weighted by Gasteiger charge is 2.24. The molecule has 32 heavy (non-hydrogen) atoms. The third-order valence-electron chi connectivity index (χ3n) is 4.96. The molecular weight excluding hydrogens is 440 g/mol. The van der Waals surface area contributed by atoms with Gasteiger partial charge in [0.1, 0.15) is 6.54 Å². The number of sulfonamides is 1. The fourth-order valence-corrected chi connectivity index (χ4v) is 5.47. The highest BCUT2D eigenvalue weighted by molar-refractivity contribution is 7.98. The van der Waals surface area contributed by atoms with Gasteiger partial charge in [-0.2, -0.15) is 0 Å². The van der Waals surface area contributed by atoms with E-state index in [0.29, 0.717) is 11.4 Å². The van der Waals surface area contributed by atoms with Crippen LogP contribution in [0.4, 0.5) is 11.4 Å². The summed E-state index contributed by atoms with van der Waals surface area (Å²) in [6, 6.07) is 21.6. The van der Waals surface area contributed by atoms with Crippen molar-refractivity contribution < 1.29 is 13.2 Å². The predicted octanol–water partition coefficient (Wildman–Crippen LogP) is 5.31. The van der Waals surface area contributed by atoms with Crippen molar-refractivity contribution in [3.05, 3.63) is 89.0 Å². The van der Waals surface area contributed by atoms with Gasteiger partial charge < -0.3 is 5.32 Å². The van der Waals surface area contributed by atoms with Gasteiger partial charge in [-0.1, -0.05) is 48.0 Å². The van der Waals surface area contributed by atoms with E-state index >= 15 is 0 Å². The first-order valence-corrected chi connectivity index (χ1v) is 13.1. The fourth-order valence-electron chi connectivity index (χ4n) is 3.63. The number of hydrogen-bond acceptors (Lipinski definition) is 4. The van der Waals surface area contributed by atoms with Gasteiger partial charge in [0.25, 0.3) is 0 Å². The van der Waals surface area contributed by atoms with E-state index < -0.39 is 10.0 Å². The van der Waals surface area contributed by atoms with Crippen molar-refractivity contribution in [2.24, 2.45) is 0 Å². The minimum Gasteiger partial charge on any atom is -0.325 e. The molecule has 0 aliphatic rings. The van der Waals surface area contributed by atoms with Gasteiger partial charge in [-0.25, -0.2) is 8.42 Å². The van der Waals surface area contributed by atoms with Crippen LogP contribution in [0.1, 0.15) is 22.3 Å². The number of aryl methyl sites for hydroxylation is 3. The molecule has 0 atom stereocenters. The number of hydrogen-bond donors (Lipinski definition) is 1. The van der Waals surface area contributed by atoms with Gasteiger partial charge in [-0.3, -0.25) is 9.10 Å². The first kappa shape index (κ1) is 23.9. The van der Waals surface area contributed by atoms with Crippen LogP contribution in [-0.4, -0.2) is 27.1 Å². The summed E-state index contributed by atoms with van der Waals surface area (Å²) >= 11 is 1.74. The second-order valence-electron chi connectivity index (χ2n) is 7.86. The number of nitrogens with one attached hydrogen (secondary N) is 1. The summed E-state index contributed by atoms with van der Waals surface area (Å²) in [5.74, 6) is 0.438. The molecule has 5 nitrogen and oxygen atoms in total. The zero-order chi connectivity index (χ0) is 23.3. The van der Waals surface area contributed by atoms with Crippen LogP contribution in [0.5, 0.6) is 0 Å². The summed E-state index contributed by atoms with van der Waals surface area (Å²) < 4.78 is 26.2. The van der Waals surface area contributed by atoms with E-state index in [4.69, 9.17) is 0 Å². The largest absolute Gasteiger partial charge is 0.325 e. The molecule has 0 heterocycles. The topological polar surface area (TPSA) is 66.5 Å². The Hall–Kier alpha value is -2.77. The Balaban J connectivity index is 1.68. The fraction of sp³-hybridized carbons (Fsp3) is 0.240. The Bertz CT molecular complexity index is 1170. The minimum atomic E-state index is -3.63. The van der Waals surface area contributed by atoms with Crippen molar-refractivity contribution >= 4 is 39.1 Å². The molecule has 0 aliphatic carbocycles. The molecule has 0 fully saturated rings. The van der Waals surface area contributed by atoms with Crippen LogP contribution in [0.15, 0.2) is 71.6 Å². The Kier molecular flexibility index (Phi) is 7.64. The standard InChI is InChI=1S/C25H28N2O3S2/c1-18-14-19(2)25(20(3)15-18)27(32(4,29)30)16-24(28)26-22-12-10-21(11-13-22)17-31-23-8-6-5-7-9-23/h5-15H,16-17H2,1-4H3,(H,26,28). The van der Waals surface area contributed by atoms with Crippen LogP contribution in [-0.2, 0) is 20.6 Å². The van der Waals surface area contributed by atoms with Gasteiger partial charge in [0.15, 0.2) is 0 Å². The van der Waals surface area contributed by atoms with Crippen molar-refractivity contribution in [3.63, 3.8) is 0 Å². The maximum absolute atomic E-state index is 12.7. The molecule has 0 bridgehead atoms. The van der Waals surface area contributed by atoms with E-state index in [2.05, 4.69) is 17.4 Å². The lowest BCUT2D eigenvalue weighted by Gasteiger charge is -2.26. The smallest absolute Gasteiger partial charge is 0.245 e. The van der Waals surface area contributed by atoms with Crippen LogP contribution in [0, 0.1) is 20.8 Å². The van der Waals surface area contributed by atoms with Gasteiger partial charge in [0, 0.05) is 16.3 Å². The minimum absolute atomic E-state index is 0.283. The summed E-state index contributed by atoms with van der Waals surface area (Å²) in [6.45, 7) is 5.40. The number of rotatable bonds is 8. The Labute approximate surface area is 194 Å². The van der Waals surface area contributed by atoms with Gasteiger partial charge in [0.2, 0.25) is 15.9 Å². The lowest BCUT2D eigenvalue weighted by atomic mass is 10.1. The maximum Gasteiger partial charge on any atom is 0.245 e. The molecule has 3 rings (SSSR count). The van der Waals surface area contributed by atoms with Gasteiger partial charge >= 0.3 is 0 Å². The van der Waals surface area contributed by atoms with E-state index in [1.54, 1.807) is 11.8 Å². The maximum atomic E-state index is 12.7. The Morgan fingerprint density at radius 2 is 1.53 bits per heavy atom. The number of carbonyl (C=O) groups excluding carboxylic acids is 1. The molecule has 1 amide bonds. The molecule has 7 heteroatoms. The molecule has 0 aliphatic heterocycles. The normalized spacial score (nSPS) is 11.2. The molecule has 1 N–H and O–H groups in total. The number of thioether (sulfide) groups is 1. The van der Waals surface area contributed by atoms with E-state index in [1.807, 2.05) is 75.4 Å². The molecule has 3 aromatic rings. The number of benzene rings is 3. The van der Waals surface area contributed by atoms with Crippen molar-refractivity contribution in [1.82, 2.24) is 0 Å². The summed E-state index contributed by atoms with van der Waals surface area (Å²) in [7, 11) is -3.63. The van der Waals surface area contributed by atoms with Gasteiger partial charge in [0.05, 0.1) is 11.9 Å². The first-order chi connectivity index (χ1) is 15.1. The second kappa shape index (κ2) is 10.2. The molecule has 0 saturated carbocycles. The first-order valence-electron chi connectivity index (χ1n) is 10.3. The molecule has 0 unspecified atom stereocenters. The van der Waals surface area contributed by atoms with Gasteiger partial charge in [-0.15, -0.1) is 11.8 Å². The molecule has 168 valence electrons. The average Bonchev–Trinajstić information content (AvgIpc) is 2.72. The summed E-state index contributed by atoms with van der Waals surface area (Å²) in [4.78, 5) is 13.9. The average molecular weight is 469 g/mol. The van der Waals surface area contributed by atoms with Gasteiger partial charge in [-0.05, 0) is 61.7 Å². The third kappa shape index (κ3) is 6.37. The van der Waals surface area contributed by atoms with Crippen molar-refractivity contribution in [1.29, 1.82) is 0 Å². The molecular formula is C25H28N2O3S2. The second-order valence-corrected chi connectivity index (χ2v) is 10.8. The van der Waals surface area contributed by atoms with E-state index in [9.17, 15) is 13.2 Å². The molecule has 0 spiro atoms. The summed E-state index contributed by atoms with van der Waals surface area (Å²) in [5.41, 5.74) is 5.02. The van der Waals surface area contributed by atoms with E-state index in [1.165, 1.54) is 9.20 Å². The summed E-state index contributed by atoms with van der Waals surface area (Å²) in [5, 5.41) is 2.81. The number of nitrogens with zero attached hydrogens (tertiary/aromatic N) is 1. The monoisotopic (exact) mass is 468 g/mol. The predicted molar refractivity (Wildman–Crippen MR) is 134 cm³/mol. The SMILES string of the molecule is Cc1cc(C)c(N(CC(=O)Nc2ccc(CSc3ccccc3)cc2)S(C)(=O)=O)c(C)c1. The van der Waals surface area contributed by atoms with E-state index in [-0.39, 0.29) is 12.5 Å². The summed E-state index contributed by atoms with van der Waals surface area (Å²) in [6.07, 6.45) is 1.12. The quantitative estimate of drug-likeness (QED) is 0.455. The van der Waals surface area contributed by atoms with E-state index in [0.717, 1.165) is 34.3 Å².